The number of carbonyl (C=O) groups is 1. The summed E-state index contributed by atoms with van der Waals surface area (Å²) in [5, 5.41) is 40.0. The second kappa shape index (κ2) is 4.91. The highest BCUT2D eigenvalue weighted by Crippen LogP contribution is 2.57. The van der Waals surface area contributed by atoms with Crippen LogP contribution in [0.2, 0.25) is 0 Å². The van der Waals surface area contributed by atoms with E-state index in [1.54, 1.807) is 20.8 Å². The lowest BCUT2D eigenvalue weighted by Gasteiger charge is -2.52. The lowest BCUT2D eigenvalue weighted by molar-refractivity contribution is -0.196. The minimum Gasteiger partial charge on any atom is -0.478 e. The minimum absolute atomic E-state index is 0.103. The van der Waals surface area contributed by atoms with Crippen LogP contribution >= 0.6 is 0 Å². The summed E-state index contributed by atoms with van der Waals surface area (Å²) in [6.07, 6.45) is 2.03. The van der Waals surface area contributed by atoms with E-state index < -0.39 is 34.8 Å². The first-order valence-corrected chi connectivity index (χ1v) is 6.89. The third-order valence-corrected chi connectivity index (χ3v) is 4.92. The number of carboxylic acids is 1. The molecule has 4 N–H and O–H groups in total. The van der Waals surface area contributed by atoms with Gasteiger partial charge >= 0.3 is 5.97 Å². The molecule has 6 heteroatoms. The Labute approximate surface area is 123 Å². The summed E-state index contributed by atoms with van der Waals surface area (Å²) >= 11 is 0. The van der Waals surface area contributed by atoms with Gasteiger partial charge in [0, 0.05) is 12.5 Å². The Morgan fingerprint density at radius 1 is 1.33 bits per heavy atom. The lowest BCUT2D eigenvalue weighted by Crippen LogP contribution is -2.67. The number of hydrogen-bond donors (Lipinski definition) is 4. The highest BCUT2D eigenvalue weighted by molar-refractivity contribution is 5.81. The molecule has 118 valence electrons. The van der Waals surface area contributed by atoms with Crippen molar-refractivity contribution in [1.29, 1.82) is 0 Å². The van der Waals surface area contributed by atoms with Gasteiger partial charge < -0.3 is 25.2 Å². The smallest absolute Gasteiger partial charge is 0.328 e. The van der Waals surface area contributed by atoms with Crippen LogP contribution in [0.15, 0.2) is 23.8 Å². The van der Waals surface area contributed by atoms with Gasteiger partial charge in [-0.1, -0.05) is 13.0 Å². The molecule has 2 aliphatic rings. The third kappa shape index (κ3) is 2.23. The number of hydrogen-bond acceptors (Lipinski definition) is 5. The van der Waals surface area contributed by atoms with E-state index >= 15 is 0 Å². The molecular weight excluding hydrogens is 276 g/mol. The molecule has 21 heavy (non-hydrogen) atoms. The van der Waals surface area contributed by atoms with E-state index in [2.05, 4.69) is 0 Å². The average molecular weight is 298 g/mol. The number of carboxylic acid groups (broad SMARTS) is 1. The molecule has 1 aliphatic carbocycles. The standard InChI is InChI=1S/C15H22O6/c1-9(6-11(17)18)4-5-15(20)13(2)8-21-14(15,3)7-10(16)12(13)19/h4-6,10,12,16,19-20H,7-8H2,1-3H3,(H,17,18)/b5-4+,9-6-/t10-,12+,13+,14-,15+/m1/s1. The molecule has 2 bridgehead atoms. The van der Waals surface area contributed by atoms with Gasteiger partial charge in [-0.25, -0.2) is 4.79 Å². The van der Waals surface area contributed by atoms with Crippen molar-refractivity contribution in [3.05, 3.63) is 23.8 Å². The lowest BCUT2D eigenvalue weighted by atomic mass is 9.57. The fourth-order valence-electron chi connectivity index (χ4n) is 3.46. The molecule has 0 amide bonds. The molecular formula is C15H22O6. The Kier molecular flexibility index (Phi) is 3.78. The molecule has 1 aliphatic heterocycles. The predicted octanol–water partition coefficient (Wildman–Crippen LogP) is 0.225. The molecule has 1 heterocycles. The summed E-state index contributed by atoms with van der Waals surface area (Å²) in [6, 6.07) is 0. The molecule has 2 fully saturated rings. The molecule has 0 aromatic heterocycles. The fourth-order valence-corrected chi connectivity index (χ4v) is 3.46. The normalized spacial score (nSPS) is 47.0. The number of aliphatic carboxylic acids is 1. The van der Waals surface area contributed by atoms with Crippen molar-refractivity contribution in [2.75, 3.05) is 6.61 Å². The van der Waals surface area contributed by atoms with Gasteiger partial charge in [0.15, 0.2) is 0 Å². The number of ether oxygens (including phenoxy) is 1. The van der Waals surface area contributed by atoms with E-state index in [1.807, 2.05) is 0 Å². The van der Waals surface area contributed by atoms with Crippen molar-refractivity contribution in [1.82, 2.24) is 0 Å². The van der Waals surface area contributed by atoms with Gasteiger partial charge in [-0.3, -0.25) is 0 Å². The van der Waals surface area contributed by atoms with E-state index in [9.17, 15) is 20.1 Å². The zero-order valence-corrected chi connectivity index (χ0v) is 12.4. The number of aliphatic hydroxyl groups is 3. The van der Waals surface area contributed by atoms with Crippen molar-refractivity contribution in [3.63, 3.8) is 0 Å². The maximum Gasteiger partial charge on any atom is 0.328 e. The first-order chi connectivity index (χ1) is 9.56. The highest BCUT2D eigenvalue weighted by atomic mass is 16.5. The number of aliphatic hydroxyl groups excluding tert-OH is 2. The zero-order chi connectivity index (χ0) is 16.1. The number of allylic oxidation sites excluding steroid dienone is 2. The Morgan fingerprint density at radius 3 is 2.52 bits per heavy atom. The number of fused-ring (bicyclic) bond motifs is 2. The molecule has 2 rings (SSSR count). The monoisotopic (exact) mass is 298 g/mol. The van der Waals surface area contributed by atoms with Gasteiger partial charge in [-0.15, -0.1) is 0 Å². The van der Waals surface area contributed by atoms with Gasteiger partial charge in [0.1, 0.15) is 11.2 Å². The van der Waals surface area contributed by atoms with Crippen LogP contribution in [-0.2, 0) is 9.53 Å². The van der Waals surface area contributed by atoms with Crippen LogP contribution < -0.4 is 0 Å². The molecule has 0 unspecified atom stereocenters. The number of rotatable bonds is 3. The van der Waals surface area contributed by atoms with Crippen LogP contribution in [0, 0.1) is 5.41 Å². The molecule has 0 radical (unpaired) electrons. The highest BCUT2D eigenvalue weighted by Gasteiger charge is 2.70. The quantitative estimate of drug-likeness (QED) is 0.439. The summed E-state index contributed by atoms with van der Waals surface area (Å²) < 4.78 is 5.68. The van der Waals surface area contributed by atoms with Crippen LogP contribution in [0.4, 0.5) is 0 Å². The summed E-state index contributed by atoms with van der Waals surface area (Å²) in [4.78, 5) is 10.6. The van der Waals surface area contributed by atoms with E-state index in [0.29, 0.717) is 5.57 Å². The van der Waals surface area contributed by atoms with Gasteiger partial charge in [0.2, 0.25) is 0 Å². The molecule has 5 atom stereocenters. The molecule has 1 saturated heterocycles. The molecule has 0 aromatic rings. The second-order valence-corrected chi connectivity index (χ2v) is 6.48. The van der Waals surface area contributed by atoms with E-state index in [0.717, 1.165) is 6.08 Å². The van der Waals surface area contributed by atoms with Crippen LogP contribution in [0.1, 0.15) is 27.2 Å². The SMILES string of the molecule is CC(=C/C(=O)O)/C=C/[C@@]1(O)[C@@]2(C)C[C@@H](O)[C@H](O)[C@]1(C)CO2. The van der Waals surface area contributed by atoms with Gasteiger partial charge in [0.25, 0.3) is 0 Å². The Balaban J connectivity index is 2.41. The minimum atomic E-state index is -1.49. The first-order valence-electron chi connectivity index (χ1n) is 6.89. The Hall–Kier alpha value is -1.21. The molecule has 1 saturated carbocycles. The maximum absolute atomic E-state index is 11.1. The second-order valence-electron chi connectivity index (χ2n) is 6.48. The molecule has 0 spiro atoms. The van der Waals surface area contributed by atoms with Crippen LogP contribution in [0.5, 0.6) is 0 Å². The Morgan fingerprint density at radius 2 is 1.95 bits per heavy atom. The summed E-state index contributed by atoms with van der Waals surface area (Å²) in [6.45, 7) is 5.07. The van der Waals surface area contributed by atoms with E-state index in [1.165, 1.54) is 12.2 Å². The van der Waals surface area contributed by atoms with E-state index in [-0.39, 0.29) is 13.0 Å². The third-order valence-electron chi connectivity index (χ3n) is 4.92. The van der Waals surface area contributed by atoms with Crippen LogP contribution in [0.3, 0.4) is 0 Å². The predicted molar refractivity (Wildman–Crippen MR) is 74.6 cm³/mol. The summed E-state index contributed by atoms with van der Waals surface area (Å²) in [5.74, 6) is -1.07. The summed E-state index contributed by atoms with van der Waals surface area (Å²) in [5.41, 5.74) is -3.12. The van der Waals surface area contributed by atoms with Crippen molar-refractivity contribution >= 4 is 5.97 Å². The van der Waals surface area contributed by atoms with Crippen molar-refractivity contribution in [3.8, 4) is 0 Å². The van der Waals surface area contributed by atoms with E-state index in [4.69, 9.17) is 9.84 Å². The largest absolute Gasteiger partial charge is 0.478 e. The fraction of sp³-hybridized carbons (Fsp3) is 0.667. The van der Waals surface area contributed by atoms with Crippen molar-refractivity contribution in [2.24, 2.45) is 5.41 Å². The van der Waals surface area contributed by atoms with Gasteiger partial charge in [0.05, 0.1) is 24.2 Å². The summed E-state index contributed by atoms with van der Waals surface area (Å²) in [7, 11) is 0. The van der Waals surface area contributed by atoms with Gasteiger partial charge in [-0.2, -0.15) is 0 Å². The van der Waals surface area contributed by atoms with Crippen LogP contribution in [0.25, 0.3) is 0 Å². The van der Waals surface area contributed by atoms with Gasteiger partial charge in [-0.05, 0) is 25.5 Å². The zero-order valence-electron chi connectivity index (χ0n) is 12.4. The first kappa shape index (κ1) is 16.2. The van der Waals surface area contributed by atoms with Crippen molar-refractivity contribution in [2.45, 2.75) is 50.6 Å². The Bertz CT molecular complexity index is 512. The van der Waals surface area contributed by atoms with Crippen LogP contribution in [-0.4, -0.2) is 56.4 Å². The molecule has 6 nitrogen and oxygen atoms in total. The topological polar surface area (TPSA) is 107 Å². The van der Waals surface area contributed by atoms with Crippen molar-refractivity contribution < 1.29 is 30.0 Å². The maximum atomic E-state index is 11.1. The molecule has 0 aromatic carbocycles. The average Bonchev–Trinajstić information content (AvgIpc) is 2.51.